The van der Waals surface area contributed by atoms with Gasteiger partial charge in [0.05, 0.1) is 17.8 Å². The fourth-order valence-electron chi connectivity index (χ4n) is 2.35. The molecule has 2 aromatic carbocycles. The highest BCUT2D eigenvalue weighted by Gasteiger charge is 2.26. The van der Waals surface area contributed by atoms with Crippen molar-refractivity contribution in [3.63, 3.8) is 0 Å². The van der Waals surface area contributed by atoms with E-state index in [-0.39, 0.29) is 17.9 Å². The molecular formula is C22H29FN2O4S. The number of nitrogen functional groups attached to an aromatic ring is 1. The molecule has 0 aliphatic heterocycles. The van der Waals surface area contributed by atoms with Crippen LogP contribution >= 0.6 is 0 Å². The molecule has 2 rings (SSSR count). The molecule has 8 heteroatoms. The summed E-state index contributed by atoms with van der Waals surface area (Å²) in [6.45, 7) is 11.0. The standard InChI is InChI=1S/C22H29FN2O4S/c1-21(2,3)29-20(26)14-7-9-17(24)19(12-14)28-18-10-8-16(23)11-15(18)13-25-30(27)22(4,5)6/h7-12,25H,13,24H2,1-6H3. The lowest BCUT2D eigenvalue weighted by molar-refractivity contribution is 0.00692. The third kappa shape index (κ3) is 6.90. The molecule has 2 aromatic rings. The summed E-state index contributed by atoms with van der Waals surface area (Å²) in [5.74, 6) is -0.379. The van der Waals surface area contributed by atoms with Crippen molar-refractivity contribution in [2.24, 2.45) is 0 Å². The van der Waals surface area contributed by atoms with Crippen LogP contribution in [-0.4, -0.2) is 20.9 Å². The Kier molecular flexibility index (Phi) is 7.39. The van der Waals surface area contributed by atoms with Gasteiger partial charge in [0.2, 0.25) is 0 Å². The Morgan fingerprint density at radius 2 is 1.77 bits per heavy atom. The van der Waals surface area contributed by atoms with Crippen LogP contribution in [0.1, 0.15) is 57.5 Å². The summed E-state index contributed by atoms with van der Waals surface area (Å²) in [6.07, 6.45) is 0. The van der Waals surface area contributed by atoms with Crippen molar-refractivity contribution in [2.45, 2.75) is 58.4 Å². The molecule has 0 aliphatic rings. The molecule has 0 saturated heterocycles. The van der Waals surface area contributed by atoms with E-state index in [0.29, 0.717) is 17.0 Å². The second kappa shape index (κ2) is 9.24. The van der Waals surface area contributed by atoms with Crippen LogP contribution in [-0.2, 0) is 22.6 Å². The Labute approximate surface area is 180 Å². The highest BCUT2D eigenvalue weighted by atomic mass is 32.2. The van der Waals surface area contributed by atoms with Crippen LogP contribution in [0.25, 0.3) is 0 Å². The van der Waals surface area contributed by atoms with Crippen molar-refractivity contribution in [1.29, 1.82) is 0 Å². The maximum absolute atomic E-state index is 13.8. The van der Waals surface area contributed by atoms with Gasteiger partial charge in [-0.3, -0.25) is 0 Å². The van der Waals surface area contributed by atoms with E-state index in [2.05, 4.69) is 4.72 Å². The topological polar surface area (TPSA) is 96.6 Å². The molecule has 164 valence electrons. The molecule has 0 saturated carbocycles. The predicted molar refractivity (Wildman–Crippen MR) is 117 cm³/mol. The normalized spacial score (nSPS) is 13.1. The van der Waals surface area contributed by atoms with Crippen molar-refractivity contribution in [3.05, 3.63) is 53.3 Å². The Balaban J connectivity index is 2.27. The average Bonchev–Trinajstić information content (AvgIpc) is 2.60. The summed E-state index contributed by atoms with van der Waals surface area (Å²) in [6, 6.07) is 8.60. The monoisotopic (exact) mass is 436 g/mol. The molecule has 1 atom stereocenters. The first kappa shape index (κ1) is 24.0. The van der Waals surface area contributed by atoms with Crippen molar-refractivity contribution in [3.8, 4) is 11.5 Å². The van der Waals surface area contributed by atoms with Crippen LogP contribution in [0.3, 0.4) is 0 Å². The zero-order chi connectivity index (χ0) is 22.7. The van der Waals surface area contributed by atoms with E-state index in [0.717, 1.165) is 0 Å². The number of nitrogens with one attached hydrogen (secondary N) is 1. The fourth-order valence-corrected chi connectivity index (χ4v) is 3.07. The minimum atomic E-state index is -1.34. The number of carbonyl (C=O) groups excluding carboxylic acids is 1. The molecule has 6 nitrogen and oxygen atoms in total. The summed E-state index contributed by atoms with van der Waals surface area (Å²) in [5.41, 5.74) is 6.43. The third-order valence-electron chi connectivity index (χ3n) is 3.84. The molecule has 0 heterocycles. The number of carbonyl (C=O) groups is 1. The van der Waals surface area contributed by atoms with E-state index in [1.54, 1.807) is 32.9 Å². The lowest BCUT2D eigenvalue weighted by Crippen LogP contribution is -2.39. The van der Waals surface area contributed by atoms with Crippen molar-refractivity contribution in [2.75, 3.05) is 5.73 Å². The maximum atomic E-state index is 13.8. The quantitative estimate of drug-likeness (QED) is 0.387. The maximum Gasteiger partial charge on any atom is 0.338 e. The van der Waals surface area contributed by atoms with E-state index in [1.165, 1.54) is 24.3 Å². The van der Waals surface area contributed by atoms with Gasteiger partial charge in [0.25, 0.3) is 0 Å². The van der Waals surface area contributed by atoms with Crippen molar-refractivity contribution in [1.82, 2.24) is 4.72 Å². The highest BCUT2D eigenvalue weighted by molar-refractivity contribution is 7.90. The van der Waals surface area contributed by atoms with Gasteiger partial charge in [-0.15, -0.1) is 4.72 Å². The second-order valence-electron chi connectivity index (χ2n) is 8.81. The van der Waals surface area contributed by atoms with Crippen LogP contribution in [0.4, 0.5) is 10.1 Å². The van der Waals surface area contributed by atoms with Gasteiger partial charge in [-0.1, -0.05) is 0 Å². The molecule has 0 bridgehead atoms. The molecule has 0 aromatic heterocycles. The molecule has 0 radical (unpaired) electrons. The van der Waals surface area contributed by atoms with Gasteiger partial charge in [0.1, 0.15) is 21.9 Å². The molecule has 0 aliphatic carbocycles. The number of nitrogens with two attached hydrogens (primary N) is 1. The van der Waals surface area contributed by atoms with Gasteiger partial charge in [0.15, 0.2) is 5.75 Å². The molecule has 1 unspecified atom stereocenters. The Morgan fingerprint density at radius 1 is 1.10 bits per heavy atom. The summed E-state index contributed by atoms with van der Waals surface area (Å²) in [4.78, 5) is 12.3. The smallest absolute Gasteiger partial charge is 0.338 e. The lowest BCUT2D eigenvalue weighted by Gasteiger charge is -2.24. The second-order valence-corrected chi connectivity index (χ2v) is 10.9. The third-order valence-corrected chi connectivity index (χ3v) is 5.36. The summed E-state index contributed by atoms with van der Waals surface area (Å²) in [5, 5.41) is 0. The first-order chi connectivity index (χ1) is 13.8. The van der Waals surface area contributed by atoms with E-state index in [9.17, 15) is 13.7 Å². The number of hydrogen-bond donors (Lipinski definition) is 2. The van der Waals surface area contributed by atoms with Gasteiger partial charge in [-0.25, -0.2) is 9.18 Å². The molecule has 3 N–H and O–H groups in total. The first-order valence-electron chi connectivity index (χ1n) is 9.51. The Morgan fingerprint density at radius 3 is 2.37 bits per heavy atom. The van der Waals surface area contributed by atoms with Crippen LogP contribution in [0.2, 0.25) is 0 Å². The Bertz CT molecular complexity index is 907. The van der Waals surface area contributed by atoms with E-state index < -0.39 is 33.5 Å². The lowest BCUT2D eigenvalue weighted by atomic mass is 10.1. The van der Waals surface area contributed by atoms with Gasteiger partial charge in [-0.05, 0) is 77.9 Å². The predicted octanol–water partition coefficient (Wildman–Crippen LogP) is 4.71. The summed E-state index contributed by atoms with van der Waals surface area (Å²) >= 11 is -1.34. The summed E-state index contributed by atoms with van der Waals surface area (Å²) in [7, 11) is 0. The van der Waals surface area contributed by atoms with Gasteiger partial charge >= 0.3 is 5.97 Å². The van der Waals surface area contributed by atoms with Gasteiger partial charge in [0, 0.05) is 16.9 Å². The van der Waals surface area contributed by atoms with Crippen molar-refractivity contribution >= 4 is 23.0 Å². The number of anilines is 1. The zero-order valence-electron chi connectivity index (χ0n) is 18.2. The zero-order valence-corrected chi connectivity index (χ0v) is 19.0. The number of benzene rings is 2. The first-order valence-corrected chi connectivity index (χ1v) is 10.7. The number of ether oxygens (including phenoxy) is 2. The molecule has 0 spiro atoms. The van der Waals surface area contributed by atoms with E-state index in [4.69, 9.17) is 15.2 Å². The molecule has 0 amide bonds. The van der Waals surface area contributed by atoms with Gasteiger partial charge < -0.3 is 19.8 Å². The van der Waals surface area contributed by atoms with E-state index >= 15 is 0 Å². The van der Waals surface area contributed by atoms with Crippen LogP contribution < -0.4 is 15.2 Å². The van der Waals surface area contributed by atoms with Crippen LogP contribution in [0.5, 0.6) is 11.5 Å². The van der Waals surface area contributed by atoms with E-state index in [1.807, 2.05) is 20.8 Å². The summed E-state index contributed by atoms with van der Waals surface area (Å²) < 4.78 is 39.8. The minimum Gasteiger partial charge on any atom is -0.598 e. The highest BCUT2D eigenvalue weighted by Crippen LogP contribution is 2.32. The molecular weight excluding hydrogens is 407 g/mol. The van der Waals surface area contributed by atoms with Crippen LogP contribution in [0, 0.1) is 5.82 Å². The number of halogens is 1. The Hall–Kier alpha value is -2.29. The number of rotatable bonds is 6. The largest absolute Gasteiger partial charge is 0.598 e. The number of esters is 1. The van der Waals surface area contributed by atoms with Gasteiger partial charge in [-0.2, -0.15) is 0 Å². The fraction of sp³-hybridized carbons (Fsp3) is 0.409. The molecule has 0 fully saturated rings. The van der Waals surface area contributed by atoms with Crippen LogP contribution in [0.15, 0.2) is 36.4 Å². The number of hydrogen-bond acceptors (Lipinski definition) is 6. The average molecular weight is 437 g/mol. The molecule has 30 heavy (non-hydrogen) atoms. The minimum absolute atomic E-state index is 0.128. The van der Waals surface area contributed by atoms with Crippen molar-refractivity contribution < 1.29 is 23.2 Å². The SMILES string of the molecule is CC(C)(C)OC(=O)c1ccc(N)c(Oc2ccc(F)cc2CN[S+]([O-])C(C)(C)C)c1.